The van der Waals surface area contributed by atoms with E-state index >= 15 is 0 Å². The first kappa shape index (κ1) is 10.2. The summed E-state index contributed by atoms with van der Waals surface area (Å²) in [5.74, 6) is 0.661. The Morgan fingerprint density at radius 3 is 3.00 bits per heavy atom. The number of hydrogen-bond donors (Lipinski definition) is 0. The first-order valence-corrected chi connectivity index (χ1v) is 5.47. The molecule has 0 aliphatic carbocycles. The number of rotatable bonds is 2. The fourth-order valence-electron chi connectivity index (χ4n) is 1.35. The van der Waals surface area contributed by atoms with E-state index in [1.54, 1.807) is 25.3 Å². The lowest BCUT2D eigenvalue weighted by Gasteiger charge is -2.04. The van der Waals surface area contributed by atoms with E-state index in [2.05, 4.69) is 20.9 Å². The Labute approximate surface area is 94.6 Å². The van der Waals surface area contributed by atoms with Crippen molar-refractivity contribution < 1.29 is 4.74 Å². The molecule has 5 heteroatoms. The largest absolute Gasteiger partial charge is 0.497 e. The maximum atomic E-state index is 11.9. The minimum Gasteiger partial charge on any atom is -0.497 e. The molecule has 0 saturated heterocycles. The minimum atomic E-state index is -0.0734. The summed E-state index contributed by atoms with van der Waals surface area (Å²) in [5, 5.41) is 0.566. The SMILES string of the molecule is COc1ccc2ncn(CBr)c(=O)c2c1. The highest BCUT2D eigenvalue weighted by Crippen LogP contribution is 2.15. The second-order valence-electron chi connectivity index (χ2n) is 3.02. The van der Waals surface area contributed by atoms with Crippen LogP contribution in [0.3, 0.4) is 0 Å². The molecule has 4 nitrogen and oxygen atoms in total. The monoisotopic (exact) mass is 268 g/mol. The first-order chi connectivity index (χ1) is 7.26. The summed E-state index contributed by atoms with van der Waals surface area (Å²) >= 11 is 3.22. The number of ether oxygens (including phenoxy) is 1. The molecule has 0 bridgehead atoms. The lowest BCUT2D eigenvalue weighted by Crippen LogP contribution is -2.18. The molecule has 0 spiro atoms. The Kier molecular flexibility index (Phi) is 2.73. The fraction of sp³-hybridized carbons (Fsp3) is 0.200. The van der Waals surface area contributed by atoms with E-state index in [0.717, 1.165) is 0 Å². The number of alkyl halides is 1. The fourth-order valence-corrected chi connectivity index (χ4v) is 1.71. The van der Waals surface area contributed by atoms with Crippen LogP contribution in [-0.4, -0.2) is 16.7 Å². The van der Waals surface area contributed by atoms with Gasteiger partial charge in [0.05, 0.1) is 29.8 Å². The zero-order chi connectivity index (χ0) is 10.8. The topological polar surface area (TPSA) is 44.1 Å². The van der Waals surface area contributed by atoms with Crippen molar-refractivity contribution in [1.82, 2.24) is 9.55 Å². The van der Waals surface area contributed by atoms with Crippen LogP contribution < -0.4 is 10.3 Å². The van der Waals surface area contributed by atoms with Gasteiger partial charge >= 0.3 is 0 Å². The van der Waals surface area contributed by atoms with Crippen LogP contribution in [0.15, 0.2) is 29.3 Å². The van der Waals surface area contributed by atoms with Crippen LogP contribution in [0, 0.1) is 0 Å². The molecule has 0 amide bonds. The predicted octanol–water partition coefficient (Wildman–Crippen LogP) is 1.76. The van der Waals surface area contributed by atoms with Gasteiger partial charge in [0.25, 0.3) is 5.56 Å². The second kappa shape index (κ2) is 4.02. The van der Waals surface area contributed by atoms with E-state index in [1.165, 1.54) is 10.9 Å². The van der Waals surface area contributed by atoms with Crippen molar-refractivity contribution in [1.29, 1.82) is 0 Å². The van der Waals surface area contributed by atoms with Gasteiger partial charge in [-0.1, -0.05) is 15.9 Å². The number of methoxy groups -OCH3 is 1. The molecule has 1 aromatic carbocycles. The van der Waals surface area contributed by atoms with Gasteiger partial charge in [-0.15, -0.1) is 0 Å². The van der Waals surface area contributed by atoms with Crippen LogP contribution in [0.5, 0.6) is 5.75 Å². The van der Waals surface area contributed by atoms with Gasteiger partial charge < -0.3 is 4.74 Å². The van der Waals surface area contributed by atoms with Crippen LogP contribution in [0.1, 0.15) is 0 Å². The van der Waals surface area contributed by atoms with E-state index in [0.29, 0.717) is 22.1 Å². The van der Waals surface area contributed by atoms with Crippen molar-refractivity contribution >= 4 is 26.8 Å². The van der Waals surface area contributed by atoms with Gasteiger partial charge in [-0.2, -0.15) is 0 Å². The van der Waals surface area contributed by atoms with E-state index < -0.39 is 0 Å². The summed E-state index contributed by atoms with van der Waals surface area (Å²) in [7, 11) is 1.57. The Morgan fingerprint density at radius 2 is 2.33 bits per heavy atom. The van der Waals surface area contributed by atoms with Crippen molar-refractivity contribution in [2.24, 2.45) is 0 Å². The molecule has 1 heterocycles. The van der Waals surface area contributed by atoms with Gasteiger partial charge in [0, 0.05) is 0 Å². The molecule has 0 aliphatic rings. The highest BCUT2D eigenvalue weighted by Gasteiger charge is 2.04. The minimum absolute atomic E-state index is 0.0734. The lowest BCUT2D eigenvalue weighted by molar-refractivity contribution is 0.415. The molecule has 0 unspecified atom stereocenters. The molecule has 78 valence electrons. The van der Waals surface area contributed by atoms with Crippen LogP contribution in [0.25, 0.3) is 10.9 Å². The normalized spacial score (nSPS) is 10.5. The third-order valence-electron chi connectivity index (χ3n) is 2.16. The molecule has 1 aromatic heterocycles. The molecular formula is C10H9BrN2O2. The smallest absolute Gasteiger partial charge is 0.262 e. The Balaban J connectivity index is 2.78. The quantitative estimate of drug-likeness (QED) is 0.780. The van der Waals surface area contributed by atoms with E-state index in [4.69, 9.17) is 4.74 Å². The van der Waals surface area contributed by atoms with Crippen LogP contribution in [0.2, 0.25) is 0 Å². The third kappa shape index (κ3) is 1.74. The zero-order valence-corrected chi connectivity index (χ0v) is 9.69. The summed E-state index contributed by atoms with van der Waals surface area (Å²) in [4.78, 5) is 16.0. The Bertz CT molecular complexity index is 545. The molecule has 0 N–H and O–H groups in total. The average molecular weight is 269 g/mol. The summed E-state index contributed by atoms with van der Waals surface area (Å²) in [5.41, 5.74) is 1.04. The summed E-state index contributed by atoms with van der Waals surface area (Å²) < 4.78 is 6.55. The highest BCUT2D eigenvalue weighted by atomic mass is 79.9. The molecule has 2 rings (SSSR count). The van der Waals surface area contributed by atoms with Crippen molar-refractivity contribution in [3.05, 3.63) is 34.9 Å². The highest BCUT2D eigenvalue weighted by molar-refractivity contribution is 9.08. The second-order valence-corrected chi connectivity index (χ2v) is 3.52. The van der Waals surface area contributed by atoms with E-state index in [1.807, 2.05) is 0 Å². The van der Waals surface area contributed by atoms with Gasteiger partial charge in [0.15, 0.2) is 0 Å². The molecule has 0 fully saturated rings. The van der Waals surface area contributed by atoms with Gasteiger partial charge in [-0.05, 0) is 18.2 Å². The van der Waals surface area contributed by atoms with Gasteiger partial charge in [-0.3, -0.25) is 9.36 Å². The van der Waals surface area contributed by atoms with Crippen LogP contribution in [-0.2, 0) is 5.45 Å². The van der Waals surface area contributed by atoms with E-state index in [9.17, 15) is 4.79 Å². The molecule has 0 atom stereocenters. The summed E-state index contributed by atoms with van der Waals surface area (Å²) in [6.45, 7) is 0. The summed E-state index contributed by atoms with van der Waals surface area (Å²) in [6.07, 6.45) is 1.52. The molecule has 0 radical (unpaired) electrons. The summed E-state index contributed by atoms with van der Waals surface area (Å²) in [6, 6.07) is 5.26. The van der Waals surface area contributed by atoms with Gasteiger partial charge in [0.2, 0.25) is 0 Å². The number of aromatic nitrogens is 2. The maximum Gasteiger partial charge on any atom is 0.262 e. The molecule has 0 aliphatic heterocycles. The lowest BCUT2D eigenvalue weighted by atomic mass is 10.2. The van der Waals surface area contributed by atoms with Crippen LogP contribution >= 0.6 is 15.9 Å². The average Bonchev–Trinajstić information content (AvgIpc) is 2.29. The van der Waals surface area contributed by atoms with Crippen LogP contribution in [0.4, 0.5) is 0 Å². The van der Waals surface area contributed by atoms with Crippen molar-refractivity contribution in [2.75, 3.05) is 7.11 Å². The number of nitrogens with zero attached hydrogens (tertiary/aromatic N) is 2. The van der Waals surface area contributed by atoms with Crippen molar-refractivity contribution in [3.8, 4) is 5.75 Å². The molecule has 15 heavy (non-hydrogen) atoms. The number of fused-ring (bicyclic) bond motifs is 1. The molecule has 2 aromatic rings. The first-order valence-electron chi connectivity index (χ1n) is 4.35. The number of halogens is 1. The Hall–Kier alpha value is -1.36. The number of benzene rings is 1. The molecule has 0 saturated carbocycles. The Morgan fingerprint density at radius 1 is 1.53 bits per heavy atom. The van der Waals surface area contributed by atoms with E-state index in [-0.39, 0.29) is 5.56 Å². The van der Waals surface area contributed by atoms with Gasteiger partial charge in [-0.25, -0.2) is 4.98 Å². The standard InChI is InChI=1S/C10H9BrN2O2/c1-15-7-2-3-9-8(4-7)10(14)13(5-11)6-12-9/h2-4,6H,5H2,1H3. The zero-order valence-electron chi connectivity index (χ0n) is 8.11. The molecular weight excluding hydrogens is 260 g/mol. The van der Waals surface area contributed by atoms with Crippen molar-refractivity contribution in [2.45, 2.75) is 5.45 Å². The third-order valence-corrected chi connectivity index (χ3v) is 2.70. The number of hydrogen-bond acceptors (Lipinski definition) is 3. The van der Waals surface area contributed by atoms with Gasteiger partial charge in [0.1, 0.15) is 5.75 Å². The predicted molar refractivity (Wildman–Crippen MR) is 61.5 cm³/mol. The maximum absolute atomic E-state index is 11.9. The van der Waals surface area contributed by atoms with Crippen molar-refractivity contribution in [3.63, 3.8) is 0 Å².